The van der Waals surface area contributed by atoms with Gasteiger partial charge in [0.05, 0.1) is 6.61 Å². The number of carbonyl (C=O) groups is 1. The molecule has 0 unspecified atom stereocenters. The molecule has 5 heteroatoms. The van der Waals surface area contributed by atoms with Crippen molar-refractivity contribution in [1.82, 2.24) is 0 Å². The number of amides is 1. The lowest BCUT2D eigenvalue weighted by Crippen LogP contribution is -2.27. The van der Waals surface area contributed by atoms with Crippen LogP contribution in [0.25, 0.3) is 6.08 Å². The zero-order valence-corrected chi connectivity index (χ0v) is 16.3. The molecule has 2 aromatic carbocycles. The molecular formula is C23H28N2O3. The first kappa shape index (κ1) is 20.0. The Balaban J connectivity index is 1.47. The number of rotatable bonds is 8. The van der Waals surface area contributed by atoms with Crippen molar-refractivity contribution in [1.29, 1.82) is 0 Å². The highest BCUT2D eigenvalue weighted by Crippen LogP contribution is 2.18. The molecule has 3 rings (SSSR count). The van der Waals surface area contributed by atoms with Crippen molar-refractivity contribution in [3.8, 4) is 5.75 Å². The van der Waals surface area contributed by atoms with Gasteiger partial charge in [-0.1, -0.05) is 19.1 Å². The zero-order valence-electron chi connectivity index (χ0n) is 16.3. The molecule has 1 fully saturated rings. The molecule has 0 radical (unpaired) electrons. The van der Waals surface area contributed by atoms with Gasteiger partial charge in [0, 0.05) is 36.7 Å². The van der Waals surface area contributed by atoms with Crippen LogP contribution in [0.15, 0.2) is 54.6 Å². The SMILES string of the molecule is CCCOc1ccc(C=CC(=O)Nc2ccc(NC3CCOCC3)cc2)cc1. The van der Waals surface area contributed by atoms with Gasteiger partial charge in [-0.25, -0.2) is 0 Å². The van der Waals surface area contributed by atoms with Gasteiger partial charge in [0.25, 0.3) is 0 Å². The van der Waals surface area contributed by atoms with Crippen molar-refractivity contribution in [3.63, 3.8) is 0 Å². The van der Waals surface area contributed by atoms with E-state index in [9.17, 15) is 4.79 Å². The van der Waals surface area contributed by atoms with Crippen molar-refractivity contribution >= 4 is 23.4 Å². The maximum absolute atomic E-state index is 12.1. The number of anilines is 2. The molecule has 0 atom stereocenters. The number of benzene rings is 2. The molecule has 1 amide bonds. The number of hydrogen-bond acceptors (Lipinski definition) is 4. The van der Waals surface area contributed by atoms with Crippen LogP contribution in [0.4, 0.5) is 11.4 Å². The Morgan fingerprint density at radius 1 is 1.07 bits per heavy atom. The lowest BCUT2D eigenvalue weighted by atomic mass is 10.1. The van der Waals surface area contributed by atoms with Crippen molar-refractivity contribution in [2.45, 2.75) is 32.2 Å². The van der Waals surface area contributed by atoms with Gasteiger partial charge in [-0.3, -0.25) is 4.79 Å². The summed E-state index contributed by atoms with van der Waals surface area (Å²) in [4.78, 5) is 12.1. The van der Waals surface area contributed by atoms with E-state index in [2.05, 4.69) is 17.6 Å². The fourth-order valence-corrected chi connectivity index (χ4v) is 2.98. The summed E-state index contributed by atoms with van der Waals surface area (Å²) in [6.07, 6.45) is 6.36. The van der Waals surface area contributed by atoms with E-state index in [0.717, 1.165) is 55.2 Å². The van der Waals surface area contributed by atoms with Crippen LogP contribution in [-0.2, 0) is 9.53 Å². The smallest absolute Gasteiger partial charge is 0.248 e. The summed E-state index contributed by atoms with van der Waals surface area (Å²) >= 11 is 0. The number of nitrogens with one attached hydrogen (secondary N) is 2. The Bertz CT molecular complexity index is 763. The average molecular weight is 380 g/mol. The summed E-state index contributed by atoms with van der Waals surface area (Å²) < 4.78 is 10.9. The average Bonchev–Trinajstić information content (AvgIpc) is 2.74. The molecule has 1 heterocycles. The minimum Gasteiger partial charge on any atom is -0.494 e. The number of ether oxygens (including phenoxy) is 2. The van der Waals surface area contributed by atoms with Crippen LogP contribution in [0, 0.1) is 0 Å². The Labute approximate surface area is 166 Å². The maximum Gasteiger partial charge on any atom is 0.248 e. The molecule has 1 saturated heterocycles. The van der Waals surface area contributed by atoms with E-state index in [-0.39, 0.29) is 5.91 Å². The molecule has 0 spiro atoms. The van der Waals surface area contributed by atoms with Gasteiger partial charge in [-0.15, -0.1) is 0 Å². The quantitative estimate of drug-likeness (QED) is 0.651. The molecule has 1 aliphatic rings. The van der Waals surface area contributed by atoms with E-state index in [1.165, 1.54) is 6.08 Å². The Morgan fingerprint density at radius 3 is 2.43 bits per heavy atom. The molecule has 2 N–H and O–H groups in total. The second-order valence-electron chi connectivity index (χ2n) is 6.85. The zero-order chi connectivity index (χ0) is 19.6. The van der Waals surface area contributed by atoms with Gasteiger partial charge in [-0.2, -0.15) is 0 Å². The minimum atomic E-state index is -0.156. The third-order valence-corrected chi connectivity index (χ3v) is 4.52. The monoisotopic (exact) mass is 380 g/mol. The summed E-state index contributed by atoms with van der Waals surface area (Å²) in [6.45, 7) is 4.41. The lowest BCUT2D eigenvalue weighted by molar-refractivity contribution is -0.111. The first-order chi connectivity index (χ1) is 13.7. The Kier molecular flexibility index (Phi) is 7.50. The molecule has 148 valence electrons. The van der Waals surface area contributed by atoms with Crippen molar-refractivity contribution in [2.75, 3.05) is 30.5 Å². The summed E-state index contributed by atoms with van der Waals surface area (Å²) in [5.41, 5.74) is 2.79. The number of carbonyl (C=O) groups excluding carboxylic acids is 1. The van der Waals surface area contributed by atoms with Gasteiger partial charge in [0.1, 0.15) is 5.75 Å². The molecule has 0 bridgehead atoms. The standard InChI is InChI=1S/C23H28N2O3/c1-2-15-28-22-10-3-18(4-11-22)5-12-23(26)25-20-8-6-19(7-9-20)24-21-13-16-27-17-14-21/h3-12,21,24H,2,13-17H2,1H3,(H,25,26). The number of hydrogen-bond donors (Lipinski definition) is 2. The second-order valence-corrected chi connectivity index (χ2v) is 6.85. The lowest BCUT2D eigenvalue weighted by Gasteiger charge is -2.24. The molecular weight excluding hydrogens is 352 g/mol. The molecule has 5 nitrogen and oxygen atoms in total. The van der Waals surface area contributed by atoms with Crippen molar-refractivity contribution < 1.29 is 14.3 Å². The highest BCUT2D eigenvalue weighted by atomic mass is 16.5. The highest BCUT2D eigenvalue weighted by molar-refractivity contribution is 6.02. The summed E-state index contributed by atoms with van der Waals surface area (Å²) in [5.74, 6) is 0.689. The van der Waals surface area contributed by atoms with Gasteiger partial charge >= 0.3 is 0 Å². The molecule has 2 aromatic rings. The Hall–Kier alpha value is -2.79. The largest absolute Gasteiger partial charge is 0.494 e. The van der Waals surface area contributed by atoms with Crippen LogP contribution in [0.5, 0.6) is 5.75 Å². The third-order valence-electron chi connectivity index (χ3n) is 4.52. The van der Waals surface area contributed by atoms with E-state index in [1.807, 2.05) is 48.5 Å². The molecule has 0 aromatic heterocycles. The van der Waals surface area contributed by atoms with Gasteiger partial charge in [0.2, 0.25) is 5.91 Å². The summed E-state index contributed by atoms with van der Waals surface area (Å²) in [7, 11) is 0. The van der Waals surface area contributed by atoms with Crippen LogP contribution in [0.2, 0.25) is 0 Å². The van der Waals surface area contributed by atoms with Crippen LogP contribution < -0.4 is 15.4 Å². The fraction of sp³-hybridized carbons (Fsp3) is 0.348. The molecule has 1 aliphatic heterocycles. The predicted molar refractivity (Wildman–Crippen MR) is 114 cm³/mol. The second kappa shape index (κ2) is 10.5. The predicted octanol–water partition coefficient (Wildman–Crippen LogP) is 4.72. The van der Waals surface area contributed by atoms with Crippen LogP contribution >= 0.6 is 0 Å². The fourth-order valence-electron chi connectivity index (χ4n) is 2.98. The molecule has 0 aliphatic carbocycles. The van der Waals surface area contributed by atoms with E-state index in [0.29, 0.717) is 12.6 Å². The van der Waals surface area contributed by atoms with E-state index in [4.69, 9.17) is 9.47 Å². The minimum absolute atomic E-state index is 0.156. The third kappa shape index (κ3) is 6.43. The van der Waals surface area contributed by atoms with Crippen LogP contribution in [-0.4, -0.2) is 31.8 Å². The van der Waals surface area contributed by atoms with Crippen LogP contribution in [0.3, 0.4) is 0 Å². The van der Waals surface area contributed by atoms with Crippen LogP contribution in [0.1, 0.15) is 31.7 Å². The topological polar surface area (TPSA) is 59.6 Å². The summed E-state index contributed by atoms with van der Waals surface area (Å²) in [5, 5.41) is 6.39. The maximum atomic E-state index is 12.1. The normalized spacial score (nSPS) is 14.8. The van der Waals surface area contributed by atoms with E-state index in [1.54, 1.807) is 6.08 Å². The van der Waals surface area contributed by atoms with E-state index >= 15 is 0 Å². The van der Waals surface area contributed by atoms with Gasteiger partial charge in [-0.05, 0) is 67.3 Å². The van der Waals surface area contributed by atoms with Crippen molar-refractivity contribution in [3.05, 3.63) is 60.2 Å². The molecule has 28 heavy (non-hydrogen) atoms. The van der Waals surface area contributed by atoms with E-state index < -0.39 is 0 Å². The first-order valence-corrected chi connectivity index (χ1v) is 9.89. The summed E-state index contributed by atoms with van der Waals surface area (Å²) in [6, 6.07) is 16.0. The van der Waals surface area contributed by atoms with Crippen molar-refractivity contribution in [2.24, 2.45) is 0 Å². The van der Waals surface area contributed by atoms with Gasteiger partial charge < -0.3 is 20.1 Å². The van der Waals surface area contributed by atoms with Gasteiger partial charge in [0.15, 0.2) is 0 Å². The first-order valence-electron chi connectivity index (χ1n) is 9.89. The highest BCUT2D eigenvalue weighted by Gasteiger charge is 2.13. The Morgan fingerprint density at radius 2 is 1.75 bits per heavy atom. The molecule has 0 saturated carbocycles.